The van der Waals surface area contributed by atoms with Crippen LogP contribution in [0.25, 0.3) is 17.1 Å². The van der Waals surface area contributed by atoms with Crippen LogP contribution in [0, 0.1) is 0 Å². The summed E-state index contributed by atoms with van der Waals surface area (Å²) in [5, 5.41) is 8.51. The van der Waals surface area contributed by atoms with Crippen molar-refractivity contribution in [1.29, 1.82) is 0 Å². The lowest BCUT2D eigenvalue weighted by molar-refractivity contribution is -0.137. The highest BCUT2D eigenvalue weighted by molar-refractivity contribution is 7.99. The summed E-state index contributed by atoms with van der Waals surface area (Å²) in [5.41, 5.74) is -0.261. The Balaban J connectivity index is 2.15. The lowest BCUT2D eigenvalue weighted by atomic mass is 10.1. The number of benzene rings is 2. The van der Waals surface area contributed by atoms with Crippen LogP contribution in [0.1, 0.15) is 5.56 Å². The molecular formula is C19H15Cl2F3N4OS. The third kappa shape index (κ3) is 4.91. The van der Waals surface area contributed by atoms with Crippen LogP contribution in [-0.2, 0) is 11.0 Å². The first-order valence-corrected chi connectivity index (χ1v) is 10.2. The summed E-state index contributed by atoms with van der Waals surface area (Å²) in [5.74, 6) is 0.152. The Morgan fingerprint density at radius 2 is 1.87 bits per heavy atom. The molecule has 1 aromatic heterocycles. The van der Waals surface area contributed by atoms with Gasteiger partial charge < -0.3 is 4.90 Å². The molecule has 0 unspecified atom stereocenters. The normalized spacial score (nSPS) is 11.6. The molecule has 0 saturated heterocycles. The van der Waals surface area contributed by atoms with Crippen molar-refractivity contribution in [2.45, 2.75) is 11.3 Å². The van der Waals surface area contributed by atoms with E-state index in [2.05, 4.69) is 10.2 Å². The molecule has 30 heavy (non-hydrogen) atoms. The first-order valence-electron chi connectivity index (χ1n) is 8.49. The van der Waals surface area contributed by atoms with Crippen LogP contribution in [0.3, 0.4) is 0 Å². The highest BCUT2D eigenvalue weighted by atomic mass is 35.5. The smallest absolute Gasteiger partial charge is 0.348 e. The van der Waals surface area contributed by atoms with E-state index < -0.39 is 16.8 Å². The number of carbonyl (C=O) groups excluding carboxylic acids is 1. The summed E-state index contributed by atoms with van der Waals surface area (Å²) in [4.78, 5) is 13.4. The molecule has 158 valence electrons. The van der Waals surface area contributed by atoms with E-state index >= 15 is 0 Å². The van der Waals surface area contributed by atoms with Crippen molar-refractivity contribution in [3.8, 4) is 17.1 Å². The number of rotatable bonds is 5. The van der Waals surface area contributed by atoms with Gasteiger partial charge in [0.15, 0.2) is 11.0 Å². The van der Waals surface area contributed by atoms with E-state index in [0.717, 1.165) is 17.8 Å². The zero-order valence-corrected chi connectivity index (χ0v) is 18.1. The maximum absolute atomic E-state index is 13.4. The first-order chi connectivity index (χ1) is 14.1. The number of alkyl halides is 3. The van der Waals surface area contributed by atoms with Gasteiger partial charge >= 0.3 is 6.18 Å². The number of amides is 1. The van der Waals surface area contributed by atoms with Gasteiger partial charge in [-0.2, -0.15) is 13.2 Å². The van der Waals surface area contributed by atoms with E-state index in [1.54, 1.807) is 38.4 Å². The van der Waals surface area contributed by atoms with Gasteiger partial charge in [-0.3, -0.25) is 9.36 Å². The van der Waals surface area contributed by atoms with Gasteiger partial charge in [0.25, 0.3) is 0 Å². The molecule has 0 aliphatic heterocycles. The van der Waals surface area contributed by atoms with E-state index in [9.17, 15) is 18.0 Å². The third-order valence-corrected chi connectivity index (χ3v) is 5.53. The number of hydrogen-bond acceptors (Lipinski definition) is 4. The van der Waals surface area contributed by atoms with Gasteiger partial charge in [-0.15, -0.1) is 10.2 Å². The van der Waals surface area contributed by atoms with Gasteiger partial charge in [-0.1, -0.05) is 47.1 Å². The van der Waals surface area contributed by atoms with Crippen molar-refractivity contribution in [2.24, 2.45) is 0 Å². The van der Waals surface area contributed by atoms with E-state index in [1.165, 1.54) is 21.6 Å². The lowest BCUT2D eigenvalue weighted by Crippen LogP contribution is -2.23. The Kier molecular flexibility index (Phi) is 6.64. The van der Waals surface area contributed by atoms with Crippen molar-refractivity contribution in [3.05, 3.63) is 58.1 Å². The number of carbonyl (C=O) groups is 1. The van der Waals surface area contributed by atoms with Gasteiger partial charge in [0.2, 0.25) is 5.91 Å². The quantitative estimate of drug-likeness (QED) is 0.462. The molecule has 5 nitrogen and oxygen atoms in total. The van der Waals surface area contributed by atoms with Crippen LogP contribution in [0.5, 0.6) is 0 Å². The van der Waals surface area contributed by atoms with Crippen molar-refractivity contribution >= 4 is 40.9 Å². The number of halogens is 5. The predicted molar refractivity (Wildman–Crippen MR) is 111 cm³/mol. The van der Waals surface area contributed by atoms with Crippen molar-refractivity contribution in [2.75, 3.05) is 19.8 Å². The topological polar surface area (TPSA) is 51.0 Å². The molecule has 0 N–H and O–H groups in total. The lowest BCUT2D eigenvalue weighted by Gasteiger charge is -2.15. The maximum Gasteiger partial charge on any atom is 0.417 e. The van der Waals surface area contributed by atoms with Gasteiger partial charge in [0.05, 0.1) is 22.0 Å². The van der Waals surface area contributed by atoms with Gasteiger partial charge in [0, 0.05) is 24.7 Å². The van der Waals surface area contributed by atoms with Crippen LogP contribution >= 0.6 is 35.0 Å². The summed E-state index contributed by atoms with van der Waals surface area (Å²) >= 11 is 12.9. The summed E-state index contributed by atoms with van der Waals surface area (Å²) < 4.78 is 41.6. The summed E-state index contributed by atoms with van der Waals surface area (Å²) in [6.07, 6.45) is -4.63. The molecule has 3 aromatic rings. The molecular weight excluding hydrogens is 460 g/mol. The third-order valence-electron chi connectivity index (χ3n) is 4.05. The Morgan fingerprint density at radius 1 is 1.13 bits per heavy atom. The predicted octanol–water partition coefficient (Wildman–Crippen LogP) is 5.44. The van der Waals surface area contributed by atoms with E-state index in [-0.39, 0.29) is 28.3 Å². The fourth-order valence-electron chi connectivity index (χ4n) is 2.54. The van der Waals surface area contributed by atoms with Crippen molar-refractivity contribution < 1.29 is 18.0 Å². The molecule has 1 amide bonds. The Bertz CT molecular complexity index is 1090. The molecule has 1 heterocycles. The minimum atomic E-state index is -4.63. The molecule has 3 rings (SSSR count). The van der Waals surface area contributed by atoms with E-state index in [1.807, 2.05) is 0 Å². The molecule has 2 aromatic carbocycles. The van der Waals surface area contributed by atoms with Crippen LogP contribution in [-0.4, -0.2) is 45.4 Å². The molecule has 0 fully saturated rings. The minimum absolute atomic E-state index is 0.0421. The van der Waals surface area contributed by atoms with Gasteiger partial charge in [0.1, 0.15) is 0 Å². The standard InChI is InChI=1S/C19H15Cl2F3N4OS/c1-27(2)16(29)10-30-18-26-25-17(11-4-3-5-12(20)8-11)28(18)13-6-7-15(21)14(9-13)19(22,23)24/h3-9H,10H2,1-2H3. The van der Waals surface area contributed by atoms with E-state index in [0.29, 0.717) is 10.6 Å². The molecule has 0 saturated carbocycles. The number of hydrogen-bond donors (Lipinski definition) is 0. The minimum Gasteiger partial charge on any atom is -0.348 e. The fourth-order valence-corrected chi connectivity index (χ4v) is 3.88. The molecule has 0 spiro atoms. The zero-order chi connectivity index (χ0) is 22.1. The number of nitrogens with zero attached hydrogens (tertiary/aromatic N) is 4. The SMILES string of the molecule is CN(C)C(=O)CSc1nnc(-c2cccc(Cl)c2)n1-c1ccc(Cl)c(C(F)(F)F)c1. The average molecular weight is 475 g/mol. The second-order valence-corrected chi connectivity index (χ2v) is 8.18. The maximum atomic E-state index is 13.4. The first kappa shape index (κ1) is 22.5. The Hall–Kier alpha value is -2.23. The second-order valence-electron chi connectivity index (χ2n) is 6.39. The van der Waals surface area contributed by atoms with Crippen molar-refractivity contribution in [1.82, 2.24) is 19.7 Å². The zero-order valence-electron chi connectivity index (χ0n) is 15.7. The summed E-state index contributed by atoms with van der Waals surface area (Å²) in [7, 11) is 3.22. The highest BCUT2D eigenvalue weighted by Crippen LogP contribution is 2.37. The molecule has 0 aliphatic carbocycles. The molecule has 0 radical (unpaired) electrons. The number of aromatic nitrogens is 3. The summed E-state index contributed by atoms with van der Waals surface area (Å²) in [6, 6.07) is 10.2. The van der Waals surface area contributed by atoms with Crippen LogP contribution in [0.2, 0.25) is 10.0 Å². The van der Waals surface area contributed by atoms with Gasteiger partial charge in [-0.05, 0) is 30.3 Å². The fraction of sp³-hybridized carbons (Fsp3) is 0.211. The molecule has 0 atom stereocenters. The van der Waals surface area contributed by atoms with Crippen LogP contribution in [0.4, 0.5) is 13.2 Å². The second kappa shape index (κ2) is 8.87. The number of thioether (sulfide) groups is 1. The Morgan fingerprint density at radius 3 is 2.50 bits per heavy atom. The Labute approximate surface area is 184 Å². The largest absolute Gasteiger partial charge is 0.417 e. The molecule has 11 heteroatoms. The molecule has 0 bridgehead atoms. The van der Waals surface area contributed by atoms with Gasteiger partial charge in [-0.25, -0.2) is 0 Å². The van der Waals surface area contributed by atoms with Crippen molar-refractivity contribution in [3.63, 3.8) is 0 Å². The molecule has 0 aliphatic rings. The average Bonchev–Trinajstić information content (AvgIpc) is 3.09. The van der Waals surface area contributed by atoms with Crippen LogP contribution in [0.15, 0.2) is 47.6 Å². The van der Waals surface area contributed by atoms with E-state index in [4.69, 9.17) is 23.2 Å². The highest BCUT2D eigenvalue weighted by Gasteiger charge is 2.34. The monoisotopic (exact) mass is 474 g/mol. The van der Waals surface area contributed by atoms with Crippen LogP contribution < -0.4 is 0 Å². The summed E-state index contributed by atoms with van der Waals surface area (Å²) in [6.45, 7) is 0.